The van der Waals surface area contributed by atoms with Gasteiger partial charge in [-0.05, 0) is 48.3 Å². The fourth-order valence-corrected chi connectivity index (χ4v) is 6.57. The van der Waals surface area contributed by atoms with Crippen LogP contribution < -0.4 is 38.1 Å². The third kappa shape index (κ3) is 6.26. The second-order valence-corrected chi connectivity index (χ2v) is 12.2. The first-order valence-electron chi connectivity index (χ1n) is 15.3. The Bertz CT molecular complexity index is 1360. The fraction of sp³-hybridized carbons (Fsp3) is 0.471. The molecule has 10 N–H and O–H groups in total. The molecule has 220 valence electrons. The number of aryl methyl sites for hydroxylation is 2. The highest BCUT2D eigenvalue weighted by atomic mass is 16.5. The summed E-state index contributed by atoms with van der Waals surface area (Å²) in [4.78, 5) is 0. The molecule has 2 aliphatic rings. The normalized spacial score (nSPS) is 18.3. The molecule has 0 aromatic heterocycles. The van der Waals surface area contributed by atoms with E-state index < -0.39 is 5.85 Å². The molecule has 0 unspecified atom stereocenters. The van der Waals surface area contributed by atoms with Crippen LogP contribution >= 0.6 is 0 Å². The van der Waals surface area contributed by atoms with Crippen LogP contribution in [0.5, 0.6) is 17.2 Å². The minimum atomic E-state index is -1.58. The molecule has 0 saturated heterocycles. The van der Waals surface area contributed by atoms with E-state index in [0.29, 0.717) is 40.6 Å². The Morgan fingerprint density at radius 2 is 1.41 bits per heavy atom. The van der Waals surface area contributed by atoms with Crippen molar-refractivity contribution in [2.45, 2.75) is 90.3 Å². The van der Waals surface area contributed by atoms with Crippen molar-refractivity contribution in [1.82, 2.24) is 0 Å². The average Bonchev–Trinajstić information content (AvgIpc) is 2.96. The van der Waals surface area contributed by atoms with Crippen LogP contribution in [0.1, 0.15) is 93.0 Å². The second kappa shape index (κ2) is 12.2. The van der Waals surface area contributed by atoms with Crippen LogP contribution in [0.15, 0.2) is 42.5 Å². The molecule has 0 amide bonds. The zero-order valence-corrected chi connectivity index (χ0v) is 24.7. The lowest BCUT2D eigenvalue weighted by atomic mass is 9.78. The van der Waals surface area contributed by atoms with Crippen LogP contribution in [-0.4, -0.2) is 0 Å². The molecular formula is C34H47N5O2. The molecule has 3 aromatic carbocycles. The molecule has 7 heteroatoms. The van der Waals surface area contributed by atoms with Crippen molar-refractivity contribution in [3.63, 3.8) is 0 Å². The van der Waals surface area contributed by atoms with E-state index in [4.69, 9.17) is 38.1 Å². The van der Waals surface area contributed by atoms with Crippen molar-refractivity contribution in [2.75, 3.05) is 17.2 Å². The number of hydrogen-bond donors (Lipinski definition) is 5. The quantitative estimate of drug-likeness (QED) is 0.107. The molecule has 1 heterocycles. The van der Waals surface area contributed by atoms with E-state index in [9.17, 15) is 0 Å². The Morgan fingerprint density at radius 3 is 2.07 bits per heavy atom. The monoisotopic (exact) mass is 557 g/mol. The molecule has 0 atom stereocenters. The molecule has 1 fully saturated rings. The van der Waals surface area contributed by atoms with Crippen molar-refractivity contribution < 1.29 is 9.47 Å². The van der Waals surface area contributed by atoms with Crippen LogP contribution in [0.4, 0.5) is 17.1 Å². The lowest BCUT2D eigenvalue weighted by Gasteiger charge is -2.30. The second-order valence-electron chi connectivity index (χ2n) is 12.2. The lowest BCUT2D eigenvalue weighted by Crippen LogP contribution is -2.51. The van der Waals surface area contributed by atoms with Crippen molar-refractivity contribution in [3.05, 3.63) is 70.3 Å². The maximum atomic E-state index is 6.68. The molecule has 0 bridgehead atoms. The van der Waals surface area contributed by atoms with Gasteiger partial charge in [-0.3, -0.25) is 11.5 Å². The predicted molar refractivity (Wildman–Crippen MR) is 169 cm³/mol. The van der Waals surface area contributed by atoms with Crippen LogP contribution in [0, 0.1) is 11.8 Å². The Labute approximate surface area is 244 Å². The largest absolute Gasteiger partial charge is 0.453 e. The van der Waals surface area contributed by atoms with Gasteiger partial charge < -0.3 is 26.7 Å². The Kier molecular flexibility index (Phi) is 8.66. The Morgan fingerprint density at radius 1 is 0.756 bits per heavy atom. The molecule has 0 spiro atoms. The van der Waals surface area contributed by atoms with Gasteiger partial charge in [0, 0.05) is 23.1 Å². The van der Waals surface area contributed by atoms with Gasteiger partial charge in [0.15, 0.2) is 11.5 Å². The molecular weight excluding hydrogens is 510 g/mol. The first kappa shape index (κ1) is 29.1. The summed E-state index contributed by atoms with van der Waals surface area (Å²) in [5.74, 6) is 1.64. The molecule has 3 aromatic rings. The Balaban J connectivity index is 1.30. The van der Waals surface area contributed by atoms with Crippen LogP contribution in [-0.2, 0) is 25.1 Å². The number of benzene rings is 3. The van der Waals surface area contributed by atoms with Crippen molar-refractivity contribution in [3.8, 4) is 17.2 Å². The number of ether oxygens (including phenoxy) is 2. The topological polar surface area (TPSA) is 149 Å². The maximum absolute atomic E-state index is 6.68. The standard InChI is InChI=1S/C34H47N5O2/c1-3-5-21-7-9-23(10-8-21)11-14-24-15-16-25-19-26-20-28(30(36)31(37)33(26)40-32(25)29(24)35)41-34(38,39)27-17-12-22(6-4-2)13-18-27/h12-13,15-18,20-21,23H,3-11,14,19,35-39H2,1-2H3. The lowest BCUT2D eigenvalue weighted by molar-refractivity contribution is 0.0816. The van der Waals surface area contributed by atoms with E-state index in [2.05, 4.69) is 26.0 Å². The van der Waals surface area contributed by atoms with Gasteiger partial charge in [-0.1, -0.05) is 95.2 Å². The van der Waals surface area contributed by atoms with Gasteiger partial charge >= 0.3 is 0 Å². The molecule has 41 heavy (non-hydrogen) atoms. The van der Waals surface area contributed by atoms with Crippen molar-refractivity contribution >= 4 is 17.1 Å². The highest BCUT2D eigenvalue weighted by Gasteiger charge is 2.30. The maximum Gasteiger partial charge on any atom is 0.239 e. The zero-order chi connectivity index (χ0) is 29.1. The summed E-state index contributed by atoms with van der Waals surface area (Å²) < 4.78 is 12.4. The van der Waals surface area contributed by atoms with E-state index in [-0.39, 0.29) is 5.69 Å². The molecule has 1 saturated carbocycles. The average molecular weight is 558 g/mol. The third-order valence-corrected chi connectivity index (χ3v) is 9.06. The minimum absolute atomic E-state index is 0.239. The number of fused-ring (bicyclic) bond motifs is 2. The van der Waals surface area contributed by atoms with Crippen LogP contribution in [0.3, 0.4) is 0 Å². The summed E-state index contributed by atoms with van der Waals surface area (Å²) in [6.07, 6.45) is 12.8. The van der Waals surface area contributed by atoms with Gasteiger partial charge in [-0.2, -0.15) is 0 Å². The highest BCUT2D eigenvalue weighted by molar-refractivity contribution is 5.81. The molecule has 5 rings (SSSR count). The first-order chi connectivity index (χ1) is 19.7. The number of nitrogen functional groups attached to an aromatic ring is 3. The summed E-state index contributed by atoms with van der Waals surface area (Å²) in [6, 6.07) is 13.9. The van der Waals surface area contributed by atoms with Gasteiger partial charge in [0.2, 0.25) is 5.85 Å². The third-order valence-electron chi connectivity index (χ3n) is 9.06. The number of hydrogen-bond acceptors (Lipinski definition) is 7. The highest BCUT2D eigenvalue weighted by Crippen LogP contribution is 2.49. The minimum Gasteiger partial charge on any atom is -0.453 e. The van der Waals surface area contributed by atoms with Gasteiger partial charge in [-0.25, -0.2) is 0 Å². The van der Waals surface area contributed by atoms with E-state index in [1.54, 1.807) is 0 Å². The number of rotatable bonds is 10. The van der Waals surface area contributed by atoms with E-state index in [0.717, 1.165) is 54.2 Å². The van der Waals surface area contributed by atoms with E-state index in [1.165, 1.54) is 44.1 Å². The van der Waals surface area contributed by atoms with Gasteiger partial charge in [0.05, 0.1) is 5.69 Å². The molecule has 1 aliphatic heterocycles. The number of nitrogens with two attached hydrogens (primary N) is 5. The molecule has 1 aliphatic carbocycles. The summed E-state index contributed by atoms with van der Waals surface area (Å²) in [5.41, 5.74) is 38.5. The first-order valence-corrected chi connectivity index (χ1v) is 15.3. The van der Waals surface area contributed by atoms with E-state index in [1.807, 2.05) is 30.3 Å². The molecule has 7 nitrogen and oxygen atoms in total. The van der Waals surface area contributed by atoms with Crippen LogP contribution in [0.2, 0.25) is 0 Å². The summed E-state index contributed by atoms with van der Waals surface area (Å²) in [5, 5.41) is 0. The Hall–Kier alpha value is -3.42. The zero-order valence-electron chi connectivity index (χ0n) is 24.7. The summed E-state index contributed by atoms with van der Waals surface area (Å²) >= 11 is 0. The van der Waals surface area contributed by atoms with Gasteiger partial charge in [-0.15, -0.1) is 0 Å². The molecule has 0 radical (unpaired) electrons. The summed E-state index contributed by atoms with van der Waals surface area (Å²) in [7, 11) is 0. The fourth-order valence-electron chi connectivity index (χ4n) is 6.57. The van der Waals surface area contributed by atoms with Gasteiger partial charge in [0.25, 0.3) is 0 Å². The van der Waals surface area contributed by atoms with E-state index >= 15 is 0 Å². The summed E-state index contributed by atoms with van der Waals surface area (Å²) in [6.45, 7) is 4.44. The van der Waals surface area contributed by atoms with Gasteiger partial charge in [0.1, 0.15) is 17.1 Å². The SMILES string of the molecule is CCCc1ccc(C(N)(N)Oc2cc3c(c(N)c2N)Oc2c(ccc(CCC4CCC(CCC)CC4)c2N)C3)cc1. The smallest absolute Gasteiger partial charge is 0.239 e. The van der Waals surface area contributed by atoms with Crippen LogP contribution in [0.25, 0.3) is 0 Å². The van der Waals surface area contributed by atoms with Crippen molar-refractivity contribution in [2.24, 2.45) is 23.3 Å². The predicted octanol–water partition coefficient (Wildman–Crippen LogP) is 6.73. The number of anilines is 3. The van der Waals surface area contributed by atoms with Crippen molar-refractivity contribution in [1.29, 1.82) is 0 Å².